The third kappa shape index (κ3) is 4.81. The van der Waals surface area contributed by atoms with E-state index in [0.29, 0.717) is 33.3 Å². The highest BCUT2D eigenvalue weighted by Crippen LogP contribution is 2.35. The zero-order valence-electron chi connectivity index (χ0n) is 18.3. The predicted molar refractivity (Wildman–Crippen MR) is 126 cm³/mol. The number of hydrogen-bond donors (Lipinski definition) is 3. The molecule has 0 saturated carbocycles. The molecule has 3 N–H and O–H groups in total. The number of nitrogens with one attached hydrogen (secondary N) is 3. The fourth-order valence-electron chi connectivity index (χ4n) is 3.31. The lowest BCUT2D eigenvalue weighted by molar-refractivity contribution is 0.0537. The Bertz CT molecular complexity index is 1320. The summed E-state index contributed by atoms with van der Waals surface area (Å²) in [4.78, 5) is 43.9. The van der Waals surface area contributed by atoms with Gasteiger partial charge in [-0.15, -0.1) is 11.3 Å². The fourth-order valence-corrected chi connectivity index (χ4v) is 4.38. The highest BCUT2D eigenvalue weighted by atomic mass is 32.1. The van der Waals surface area contributed by atoms with Crippen molar-refractivity contribution in [3.63, 3.8) is 0 Å². The molecular weight excluding hydrogens is 440 g/mol. The number of aromatic nitrogens is 3. The smallest absolute Gasteiger partial charge is 0.274 e. The van der Waals surface area contributed by atoms with E-state index < -0.39 is 0 Å². The Morgan fingerprint density at radius 2 is 1.91 bits per heavy atom. The third-order valence-electron chi connectivity index (χ3n) is 5.04. The topological polar surface area (TPSA) is 118 Å². The van der Waals surface area contributed by atoms with E-state index in [0.717, 1.165) is 22.2 Å². The van der Waals surface area contributed by atoms with Crippen molar-refractivity contribution in [2.45, 2.75) is 20.4 Å². The molecule has 10 heteroatoms. The Morgan fingerprint density at radius 3 is 2.67 bits per heavy atom. The fraction of sp³-hybridized carbons (Fsp3) is 0.174. The largest absolute Gasteiger partial charge is 0.346 e. The van der Waals surface area contributed by atoms with E-state index in [4.69, 9.17) is 4.84 Å². The number of amides is 2. The summed E-state index contributed by atoms with van der Waals surface area (Å²) in [6.07, 6.45) is 3.14. The van der Waals surface area contributed by atoms with E-state index in [1.807, 2.05) is 38.1 Å². The minimum absolute atomic E-state index is 0.193. The number of pyridine rings is 1. The lowest BCUT2D eigenvalue weighted by Crippen LogP contribution is -2.22. The molecule has 0 saturated heterocycles. The summed E-state index contributed by atoms with van der Waals surface area (Å²) in [5, 5.41) is 6.97. The van der Waals surface area contributed by atoms with Crippen molar-refractivity contribution in [2.24, 2.45) is 0 Å². The highest BCUT2D eigenvalue weighted by molar-refractivity contribution is 7.20. The van der Waals surface area contributed by atoms with Gasteiger partial charge in [-0.25, -0.2) is 15.4 Å². The van der Waals surface area contributed by atoms with Crippen LogP contribution in [0.1, 0.15) is 36.9 Å². The SMILES string of the molecule is CONC(=O)c1ccc(C)c(Nc2ncnc3sc(C(=O)NCc4ccccn4)c(C)c23)c1. The lowest BCUT2D eigenvalue weighted by Gasteiger charge is -2.12. The number of benzene rings is 1. The first kappa shape index (κ1) is 22.3. The average molecular weight is 463 g/mol. The molecule has 4 rings (SSSR count). The summed E-state index contributed by atoms with van der Waals surface area (Å²) in [7, 11) is 1.38. The number of carbonyl (C=O) groups is 2. The number of hydroxylamine groups is 1. The molecule has 0 aliphatic heterocycles. The minimum atomic E-state index is -0.355. The number of fused-ring (bicyclic) bond motifs is 1. The molecule has 0 unspecified atom stereocenters. The molecule has 3 aromatic heterocycles. The number of aryl methyl sites for hydroxylation is 2. The van der Waals surface area contributed by atoms with Gasteiger partial charge in [-0.05, 0) is 49.2 Å². The van der Waals surface area contributed by atoms with Crippen LogP contribution in [0.4, 0.5) is 11.5 Å². The van der Waals surface area contributed by atoms with Gasteiger partial charge in [0.05, 0.1) is 29.6 Å². The van der Waals surface area contributed by atoms with Gasteiger partial charge in [0.25, 0.3) is 11.8 Å². The molecule has 0 spiro atoms. The van der Waals surface area contributed by atoms with Gasteiger partial charge in [-0.1, -0.05) is 12.1 Å². The van der Waals surface area contributed by atoms with Crippen molar-refractivity contribution >= 4 is 44.9 Å². The van der Waals surface area contributed by atoms with Crippen LogP contribution in [0.25, 0.3) is 10.2 Å². The van der Waals surface area contributed by atoms with Crippen molar-refractivity contribution in [1.82, 2.24) is 25.7 Å². The Balaban J connectivity index is 1.62. The molecule has 1 aromatic carbocycles. The van der Waals surface area contributed by atoms with Crippen LogP contribution in [0.5, 0.6) is 0 Å². The molecular formula is C23H22N6O3S. The van der Waals surface area contributed by atoms with E-state index in [1.165, 1.54) is 24.8 Å². The molecule has 0 aliphatic carbocycles. The molecule has 168 valence electrons. The summed E-state index contributed by atoms with van der Waals surface area (Å²) in [5.41, 5.74) is 5.95. The summed E-state index contributed by atoms with van der Waals surface area (Å²) in [5.74, 6) is 0.0124. The van der Waals surface area contributed by atoms with Crippen LogP contribution in [0.15, 0.2) is 48.9 Å². The maximum Gasteiger partial charge on any atom is 0.274 e. The van der Waals surface area contributed by atoms with Gasteiger partial charge in [0.2, 0.25) is 0 Å². The van der Waals surface area contributed by atoms with Gasteiger partial charge in [-0.2, -0.15) is 0 Å². The van der Waals surface area contributed by atoms with E-state index in [-0.39, 0.29) is 11.8 Å². The van der Waals surface area contributed by atoms with Crippen LogP contribution < -0.4 is 16.1 Å². The Kier molecular flexibility index (Phi) is 6.57. The second kappa shape index (κ2) is 9.72. The van der Waals surface area contributed by atoms with E-state index in [1.54, 1.807) is 18.3 Å². The molecule has 0 aliphatic rings. The van der Waals surface area contributed by atoms with Crippen molar-refractivity contribution < 1.29 is 14.4 Å². The van der Waals surface area contributed by atoms with Gasteiger partial charge in [-0.3, -0.25) is 19.4 Å². The summed E-state index contributed by atoms with van der Waals surface area (Å²) in [6.45, 7) is 4.13. The molecule has 33 heavy (non-hydrogen) atoms. The second-order valence-electron chi connectivity index (χ2n) is 7.25. The Labute approximate surface area is 194 Å². The van der Waals surface area contributed by atoms with E-state index in [9.17, 15) is 9.59 Å². The number of carbonyl (C=O) groups excluding carboxylic acids is 2. The molecule has 3 heterocycles. The zero-order chi connectivity index (χ0) is 23.4. The third-order valence-corrected chi connectivity index (χ3v) is 6.24. The van der Waals surface area contributed by atoms with Gasteiger partial charge in [0.15, 0.2) is 0 Å². The van der Waals surface area contributed by atoms with Crippen LogP contribution in [-0.4, -0.2) is 33.9 Å². The number of nitrogens with zero attached hydrogens (tertiary/aromatic N) is 3. The maximum atomic E-state index is 12.9. The maximum absolute atomic E-state index is 12.9. The standard InChI is InChI=1S/C23H22N6O3S/c1-13-7-8-15(21(30)29-32-3)10-17(13)28-20-18-14(2)19(33-23(18)27-12-26-20)22(31)25-11-16-6-4-5-9-24-16/h4-10,12H,11H2,1-3H3,(H,25,31)(H,29,30)(H,26,27,28). The van der Waals surface area contributed by atoms with Gasteiger partial charge in [0.1, 0.15) is 17.0 Å². The first-order valence-electron chi connectivity index (χ1n) is 10.1. The number of rotatable bonds is 7. The van der Waals surface area contributed by atoms with Crippen LogP contribution in [0, 0.1) is 13.8 Å². The van der Waals surface area contributed by atoms with Crippen LogP contribution in [-0.2, 0) is 11.4 Å². The second-order valence-corrected chi connectivity index (χ2v) is 8.25. The van der Waals surface area contributed by atoms with Crippen molar-refractivity contribution in [2.75, 3.05) is 12.4 Å². The lowest BCUT2D eigenvalue weighted by atomic mass is 10.1. The normalized spacial score (nSPS) is 10.8. The summed E-state index contributed by atoms with van der Waals surface area (Å²) < 4.78 is 0. The van der Waals surface area contributed by atoms with E-state index in [2.05, 4.69) is 31.1 Å². The average Bonchev–Trinajstić information content (AvgIpc) is 3.17. The molecule has 4 aromatic rings. The van der Waals surface area contributed by atoms with Crippen LogP contribution in [0.3, 0.4) is 0 Å². The van der Waals surface area contributed by atoms with Crippen molar-refractivity contribution in [1.29, 1.82) is 0 Å². The molecule has 0 bridgehead atoms. The molecule has 0 atom stereocenters. The molecule has 9 nitrogen and oxygen atoms in total. The van der Waals surface area contributed by atoms with Gasteiger partial charge < -0.3 is 10.6 Å². The van der Waals surface area contributed by atoms with Crippen molar-refractivity contribution in [3.05, 3.63) is 76.2 Å². The zero-order valence-corrected chi connectivity index (χ0v) is 19.1. The molecule has 2 amide bonds. The highest BCUT2D eigenvalue weighted by Gasteiger charge is 2.20. The summed E-state index contributed by atoms with van der Waals surface area (Å²) >= 11 is 1.31. The Morgan fingerprint density at radius 1 is 1.06 bits per heavy atom. The first-order chi connectivity index (χ1) is 16.0. The number of thiophene rings is 1. The molecule has 0 radical (unpaired) electrons. The number of hydrogen-bond acceptors (Lipinski definition) is 8. The van der Waals surface area contributed by atoms with Crippen LogP contribution in [0.2, 0.25) is 0 Å². The van der Waals surface area contributed by atoms with Crippen LogP contribution >= 0.6 is 11.3 Å². The predicted octanol–water partition coefficient (Wildman–Crippen LogP) is 3.67. The summed E-state index contributed by atoms with van der Waals surface area (Å²) in [6, 6.07) is 10.8. The molecule has 0 fully saturated rings. The minimum Gasteiger partial charge on any atom is -0.346 e. The van der Waals surface area contributed by atoms with Gasteiger partial charge >= 0.3 is 0 Å². The first-order valence-corrected chi connectivity index (χ1v) is 10.9. The van der Waals surface area contributed by atoms with E-state index >= 15 is 0 Å². The van der Waals surface area contributed by atoms with Crippen molar-refractivity contribution in [3.8, 4) is 0 Å². The monoisotopic (exact) mass is 462 g/mol. The Hall–Kier alpha value is -3.89. The van der Waals surface area contributed by atoms with Gasteiger partial charge in [0, 0.05) is 17.4 Å². The number of anilines is 2. The quantitative estimate of drug-likeness (QED) is 0.359.